The smallest absolute Gasteiger partial charge is 0.284 e. The third-order valence-corrected chi connectivity index (χ3v) is 5.95. The Morgan fingerprint density at radius 1 is 1.19 bits per heavy atom. The molecule has 1 aromatic carbocycles. The van der Waals surface area contributed by atoms with Crippen molar-refractivity contribution in [3.05, 3.63) is 52.8 Å². The molecule has 0 amide bonds. The summed E-state index contributed by atoms with van der Waals surface area (Å²) in [4.78, 5) is 21.9. The Hall–Kier alpha value is -2.22. The third kappa shape index (κ3) is 3.63. The monoisotopic (exact) mass is 390 g/mol. The van der Waals surface area contributed by atoms with Crippen molar-refractivity contribution in [2.75, 3.05) is 0 Å². The summed E-state index contributed by atoms with van der Waals surface area (Å²) in [5.41, 5.74) is 0.585. The molecule has 0 bridgehead atoms. The first-order chi connectivity index (χ1) is 13.1. The van der Waals surface area contributed by atoms with Crippen molar-refractivity contribution in [3.8, 4) is 0 Å². The number of thioether (sulfide) groups is 1. The molecule has 0 spiro atoms. The largest absolute Gasteiger partial charge is 0.319 e. The lowest BCUT2D eigenvalue weighted by Gasteiger charge is -2.26. The van der Waals surface area contributed by atoms with Crippen LogP contribution in [-0.2, 0) is 5.75 Å². The van der Waals surface area contributed by atoms with Crippen LogP contribution in [0, 0.1) is 0 Å². The van der Waals surface area contributed by atoms with E-state index >= 15 is 0 Å². The quantitative estimate of drug-likeness (QED) is 0.464. The van der Waals surface area contributed by atoms with Crippen LogP contribution in [0.25, 0.3) is 10.9 Å². The van der Waals surface area contributed by atoms with Crippen LogP contribution >= 0.6 is 11.8 Å². The van der Waals surface area contributed by atoms with Crippen LogP contribution in [0.15, 0.2) is 46.6 Å². The standard InChI is InChI=1S/C19H20F2N4OS/c20-18(21)24-11-10-22-16(24)12-27-19-23-15-9-5-4-8-14(15)17(26)25(19)13-6-2-1-3-7-13/h4-5,8-11,13,18H,1-3,6-7,12H2. The molecule has 2 aromatic heterocycles. The lowest BCUT2D eigenvalue weighted by molar-refractivity contribution is 0.0678. The van der Waals surface area contributed by atoms with E-state index in [4.69, 9.17) is 0 Å². The predicted molar refractivity (Wildman–Crippen MR) is 101 cm³/mol. The Morgan fingerprint density at radius 2 is 1.96 bits per heavy atom. The molecule has 0 atom stereocenters. The zero-order valence-corrected chi connectivity index (χ0v) is 15.5. The molecule has 1 fully saturated rings. The van der Waals surface area contributed by atoms with Crippen molar-refractivity contribution in [1.82, 2.24) is 19.1 Å². The fourth-order valence-electron chi connectivity index (χ4n) is 3.65. The maximum absolute atomic E-state index is 13.2. The van der Waals surface area contributed by atoms with Crippen LogP contribution in [0.3, 0.4) is 0 Å². The number of nitrogens with zero attached hydrogens (tertiary/aromatic N) is 4. The van der Waals surface area contributed by atoms with Crippen LogP contribution in [-0.4, -0.2) is 19.1 Å². The van der Waals surface area contributed by atoms with E-state index in [9.17, 15) is 13.6 Å². The average molecular weight is 390 g/mol. The van der Waals surface area contributed by atoms with E-state index < -0.39 is 6.55 Å². The lowest BCUT2D eigenvalue weighted by atomic mass is 9.95. The van der Waals surface area contributed by atoms with Crippen LogP contribution in [0.2, 0.25) is 0 Å². The van der Waals surface area contributed by atoms with Crippen LogP contribution in [0.4, 0.5) is 8.78 Å². The molecular formula is C19H20F2N4OS. The Balaban J connectivity index is 1.73. The molecule has 0 N–H and O–H groups in total. The van der Waals surface area contributed by atoms with Gasteiger partial charge in [-0.05, 0) is 25.0 Å². The average Bonchev–Trinajstić information content (AvgIpc) is 3.16. The molecule has 5 nitrogen and oxygen atoms in total. The SMILES string of the molecule is O=c1c2ccccc2nc(SCc2nccn2C(F)F)n1C1CCCCC1. The van der Waals surface area contributed by atoms with Gasteiger partial charge < -0.3 is 0 Å². The first-order valence-electron chi connectivity index (χ1n) is 9.09. The van der Waals surface area contributed by atoms with E-state index in [-0.39, 0.29) is 23.2 Å². The Kier molecular flexibility index (Phi) is 5.24. The zero-order chi connectivity index (χ0) is 18.8. The topological polar surface area (TPSA) is 52.7 Å². The normalized spacial score (nSPS) is 15.7. The summed E-state index contributed by atoms with van der Waals surface area (Å²) in [6, 6.07) is 7.40. The molecule has 0 radical (unpaired) electrons. The van der Waals surface area contributed by atoms with Gasteiger partial charge in [0.25, 0.3) is 5.56 Å². The highest BCUT2D eigenvalue weighted by molar-refractivity contribution is 7.98. The molecule has 8 heteroatoms. The van der Waals surface area contributed by atoms with Gasteiger partial charge >= 0.3 is 6.55 Å². The number of alkyl halides is 2. The summed E-state index contributed by atoms with van der Waals surface area (Å²) in [7, 11) is 0. The zero-order valence-electron chi connectivity index (χ0n) is 14.7. The van der Waals surface area contributed by atoms with Crippen LogP contribution < -0.4 is 5.56 Å². The van der Waals surface area contributed by atoms with Crippen molar-refractivity contribution in [2.24, 2.45) is 0 Å². The summed E-state index contributed by atoms with van der Waals surface area (Å²) >= 11 is 1.29. The number of fused-ring (bicyclic) bond motifs is 1. The van der Waals surface area contributed by atoms with Crippen molar-refractivity contribution < 1.29 is 8.78 Å². The fraction of sp³-hybridized carbons (Fsp3) is 0.421. The second-order valence-electron chi connectivity index (χ2n) is 6.70. The van der Waals surface area contributed by atoms with Gasteiger partial charge in [-0.15, -0.1) is 0 Å². The molecule has 1 aliphatic rings. The molecule has 3 aromatic rings. The summed E-state index contributed by atoms with van der Waals surface area (Å²) in [6.45, 7) is -2.63. The van der Waals surface area contributed by atoms with Gasteiger partial charge in [-0.25, -0.2) is 9.97 Å². The molecule has 1 aliphatic carbocycles. The first kappa shape index (κ1) is 18.2. The van der Waals surface area contributed by atoms with Crippen molar-refractivity contribution >= 4 is 22.7 Å². The third-order valence-electron chi connectivity index (χ3n) is 5.00. The number of imidazole rings is 1. The minimum atomic E-state index is -2.63. The number of hydrogen-bond acceptors (Lipinski definition) is 4. The predicted octanol–water partition coefficient (Wildman–Crippen LogP) is 4.79. The van der Waals surface area contributed by atoms with Crippen LogP contribution in [0.5, 0.6) is 0 Å². The molecule has 0 aliphatic heterocycles. The summed E-state index contributed by atoms with van der Waals surface area (Å²) < 4.78 is 28.8. The number of rotatable bonds is 5. The van der Waals surface area contributed by atoms with E-state index in [0.717, 1.165) is 30.3 Å². The fourth-order valence-corrected chi connectivity index (χ4v) is 4.67. The van der Waals surface area contributed by atoms with Gasteiger partial charge in [0.2, 0.25) is 0 Å². The molecule has 142 valence electrons. The molecule has 0 unspecified atom stereocenters. The second-order valence-corrected chi connectivity index (χ2v) is 7.64. The minimum Gasteiger partial charge on any atom is -0.284 e. The second kappa shape index (κ2) is 7.80. The highest BCUT2D eigenvalue weighted by atomic mass is 32.2. The number of halogens is 2. The van der Waals surface area contributed by atoms with E-state index in [0.29, 0.717) is 16.1 Å². The van der Waals surface area contributed by atoms with Crippen molar-refractivity contribution in [3.63, 3.8) is 0 Å². The molecule has 4 rings (SSSR count). The first-order valence-corrected chi connectivity index (χ1v) is 10.1. The van der Waals surface area contributed by atoms with Gasteiger partial charge in [-0.1, -0.05) is 43.2 Å². The molecule has 1 saturated carbocycles. The Bertz CT molecular complexity index is 995. The van der Waals surface area contributed by atoms with Gasteiger partial charge in [-0.3, -0.25) is 13.9 Å². The maximum Gasteiger partial charge on any atom is 0.319 e. The summed E-state index contributed by atoms with van der Waals surface area (Å²) in [5, 5.41) is 1.18. The van der Waals surface area contributed by atoms with Gasteiger partial charge in [0.05, 0.1) is 16.7 Å². The minimum absolute atomic E-state index is 0.0489. The number of benzene rings is 1. The van der Waals surface area contributed by atoms with Crippen LogP contribution in [0.1, 0.15) is 50.5 Å². The Morgan fingerprint density at radius 3 is 2.74 bits per heavy atom. The van der Waals surface area contributed by atoms with E-state index in [1.807, 2.05) is 18.2 Å². The highest BCUT2D eigenvalue weighted by Gasteiger charge is 2.22. The van der Waals surface area contributed by atoms with E-state index in [2.05, 4.69) is 9.97 Å². The summed E-state index contributed by atoms with van der Waals surface area (Å²) in [6.07, 6.45) is 7.87. The maximum atomic E-state index is 13.2. The van der Waals surface area contributed by atoms with Gasteiger partial charge in [0, 0.05) is 18.4 Å². The van der Waals surface area contributed by atoms with Crippen molar-refractivity contribution in [2.45, 2.75) is 55.6 Å². The van der Waals surface area contributed by atoms with Gasteiger partial charge in [0.1, 0.15) is 5.82 Å². The number of aromatic nitrogens is 4. The molecule has 2 heterocycles. The lowest BCUT2D eigenvalue weighted by Crippen LogP contribution is -2.29. The number of para-hydroxylation sites is 1. The van der Waals surface area contributed by atoms with Gasteiger partial charge in [0.15, 0.2) is 5.16 Å². The van der Waals surface area contributed by atoms with Gasteiger partial charge in [-0.2, -0.15) is 8.78 Å². The molecule has 0 saturated heterocycles. The Labute approximate surface area is 159 Å². The summed E-state index contributed by atoms with van der Waals surface area (Å²) in [5.74, 6) is 0.502. The molecular weight excluding hydrogens is 370 g/mol. The van der Waals surface area contributed by atoms with Crippen molar-refractivity contribution in [1.29, 1.82) is 0 Å². The number of hydrogen-bond donors (Lipinski definition) is 0. The molecule has 27 heavy (non-hydrogen) atoms. The van der Waals surface area contributed by atoms with E-state index in [1.54, 1.807) is 10.6 Å². The van der Waals surface area contributed by atoms with E-state index in [1.165, 1.54) is 30.6 Å². The highest BCUT2D eigenvalue weighted by Crippen LogP contribution is 2.32.